The number of allylic oxidation sites excluding steroid dienone is 1. The first kappa shape index (κ1) is 120. The number of H-pyrrole nitrogens is 2. The number of amides is 14. The van der Waals surface area contributed by atoms with E-state index in [-0.39, 0.29) is 152 Å². The molecule has 7 rings (SSSR count). The van der Waals surface area contributed by atoms with Crippen LogP contribution < -0.4 is 86.3 Å². The van der Waals surface area contributed by atoms with Crippen LogP contribution in [0.25, 0.3) is 10.9 Å². The minimum atomic E-state index is -1.79. The summed E-state index contributed by atoms with van der Waals surface area (Å²) in [7, 11) is 0. The number of tetrazole rings is 1. The molecule has 3 aliphatic heterocycles. The Bertz CT molecular complexity index is 4980. The number of fused-ring (bicyclic) bond motifs is 2. The summed E-state index contributed by atoms with van der Waals surface area (Å²) >= 11 is 0. The number of carbonyl (C=O) groups is 18. The summed E-state index contributed by atoms with van der Waals surface area (Å²) in [6, 6.07) is -1.23. The number of aryl methyl sites for hydroxylation is 1. The number of ketones is 3. The largest absolute Gasteiger partial charge is 0.481 e. The molecule has 25 N–H and O–H groups in total. The average Bonchev–Trinajstić information content (AvgIpc) is 1.66. The summed E-state index contributed by atoms with van der Waals surface area (Å²) in [6.07, 6.45) is 17.5. The van der Waals surface area contributed by atoms with Gasteiger partial charge in [0, 0.05) is 138 Å². The quantitative estimate of drug-likeness (QED) is 0.0157. The molecule has 2 aromatic heterocycles. The van der Waals surface area contributed by atoms with E-state index in [2.05, 4.69) is 99.7 Å². The average molecular weight is 2040 g/mol. The number of nitrogens with zero attached hydrogens (tertiary/aromatic N) is 5. The molecule has 0 spiro atoms. The van der Waals surface area contributed by atoms with Crippen LogP contribution in [0.5, 0.6) is 0 Å². The zero-order valence-corrected chi connectivity index (χ0v) is 83.6. The second kappa shape index (κ2) is 66.6. The number of hydrogen-bond donors (Lipinski definition) is 22. The Balaban J connectivity index is 0.936. The molecular weight excluding hydrogens is 1890 g/mol. The number of rotatable bonds is 62. The lowest BCUT2D eigenvalue weighted by Gasteiger charge is -2.31. The van der Waals surface area contributed by atoms with Gasteiger partial charge in [-0.15, -0.1) is 5.10 Å². The maximum absolute atomic E-state index is 15.4. The Hall–Kier alpha value is -13.4. The second-order valence-electron chi connectivity index (χ2n) is 37.2. The molecule has 146 heavy (non-hydrogen) atoms. The number of primary amides is 1. The van der Waals surface area contributed by atoms with Crippen molar-refractivity contribution in [1.82, 2.24) is 99.6 Å². The fourth-order valence-electron chi connectivity index (χ4n) is 17.2. The molecule has 2 fully saturated rings. The fraction of sp³-hybridized carbons (Fsp3) is 0.626. The Morgan fingerprint density at radius 2 is 1.23 bits per heavy atom. The van der Waals surface area contributed by atoms with Gasteiger partial charge < -0.3 is 121 Å². The third kappa shape index (κ3) is 45.1. The number of para-hydroxylation sites is 1. The minimum Gasteiger partial charge on any atom is -0.481 e. The minimum absolute atomic E-state index is 0.000614. The van der Waals surface area contributed by atoms with Gasteiger partial charge in [-0.25, -0.2) is 5.10 Å². The standard InChI is InChI=1S/C99H150N24O23/c1-3-4-34-73(89(135)114-76-41-40-67(126)31-21-17-22-35-71(62(2)125)110-93(139)78(53-65-57-107-72-36-25-24-33-70(65)72)115-90(136)74(37-27-46-106-99(102)103)111-92(138)77(51-63-28-18-16-19-29-63)117-97(143)82-55-69(128)59-123(82)98(76)144)112-95(141)80(56-100)118-94(140)79(54-66-30-26-45-104-66)116-91(137)75(42-43-83(101)129)113-96(142)81(60-124)109-85(130)58-108-86(131)61-146-50-49-145-48-47-105-88(134)64(39-44-87(132)133)52-68(127)32-20-14-12-10-8-6-5-7-9-11-13-15-23-38-84-119-121-122-120-84/h16,18-19,24-25,28-30,33,36,45,57,64,69,71,73-82,107,124,128H,3-15,17,20-23,26-27,31-32,34-35,37-44,46-56,58-61,100H2,1-2H3,(H2,101,129)(H,105,134)(H,108,131)(H,109,130)(H,110,139)(H,111,138)(H,112,141)(H,113,142)(H,114,135)(H,115,136)(H,116,137)(H,117,143)(H,118,140)(H,132,133)(H4,102,103,106)(H,119,120,121,122)/t64-,69+,71-,73-,74-,75+,76-,77+,78-,79-,80-,81-,82-/m0/s1. The number of aliphatic carboxylic acids is 1. The summed E-state index contributed by atoms with van der Waals surface area (Å²) in [4.78, 5) is 259. The molecular formula is C99H150N24O23. The zero-order valence-electron chi connectivity index (χ0n) is 83.6. The topological polar surface area (TPSA) is 731 Å². The van der Waals surface area contributed by atoms with Crippen molar-refractivity contribution in [3.63, 3.8) is 0 Å². The molecule has 0 bridgehead atoms. The number of aliphatic imine (C=N–C) groups is 1. The van der Waals surface area contributed by atoms with Gasteiger partial charge in [-0.2, -0.15) is 0 Å². The van der Waals surface area contributed by atoms with E-state index >= 15 is 19.2 Å². The summed E-state index contributed by atoms with van der Waals surface area (Å²) in [5.74, 6) is -15.4. The number of hydrogen-bond acceptors (Lipinski definition) is 28. The van der Waals surface area contributed by atoms with Crippen LogP contribution in [0.4, 0.5) is 0 Å². The third-order valence-corrected chi connectivity index (χ3v) is 25.4. The van der Waals surface area contributed by atoms with E-state index in [1.165, 1.54) is 51.7 Å². The number of aliphatic hydroxyl groups excluding tert-OH is 2. The van der Waals surface area contributed by atoms with Crippen molar-refractivity contribution in [3.05, 3.63) is 89.5 Å². The number of carbonyl (C=O) groups excluding carboxylic acids is 17. The molecule has 2 saturated heterocycles. The third-order valence-electron chi connectivity index (χ3n) is 25.4. The number of guanidine groups is 1. The molecule has 2 aromatic carbocycles. The molecule has 0 unspecified atom stereocenters. The van der Waals surface area contributed by atoms with E-state index in [4.69, 9.17) is 32.1 Å². The first-order chi connectivity index (χ1) is 70.2. The number of carboxylic acids is 1. The van der Waals surface area contributed by atoms with Gasteiger partial charge in [-0.05, 0) is 98.8 Å². The molecule has 0 saturated carbocycles. The smallest absolute Gasteiger partial charge is 0.303 e. The van der Waals surface area contributed by atoms with E-state index in [9.17, 15) is 82.4 Å². The lowest BCUT2D eigenvalue weighted by Crippen LogP contribution is -2.61. The van der Waals surface area contributed by atoms with Gasteiger partial charge in [0.25, 0.3) is 0 Å². The van der Waals surface area contributed by atoms with Crippen molar-refractivity contribution < 1.29 is 111 Å². The van der Waals surface area contributed by atoms with Gasteiger partial charge in [0.2, 0.25) is 82.7 Å². The first-order valence-electron chi connectivity index (χ1n) is 50.9. The Labute approximate surface area is 848 Å². The number of nitrogens with one attached hydrogen (secondary N) is 16. The van der Waals surface area contributed by atoms with E-state index in [0.29, 0.717) is 49.7 Å². The SMILES string of the molecule is CCCC[C@H](NC(=O)[C@H](CN)NC(=O)[C@H](CC1=CCC=N1)NC(=O)[C@@H](CCC(N)=O)NC(=O)[C@H](CO)NC(=O)CNC(=O)COCCOCCNC(=O)[C@@H](CCC(=O)O)CC(=O)CCCCCCCCCCCCCCCc1nnn[nH]1)C(=O)N[C@H]1CCC(=O)CCCCC[C@@H](C(C)=O)NC(=O)[C@H](Cc2c[nH]c3ccccc23)NC(=O)[C@H](CCCNC(=N)N)NC(=O)[C@@H](Cc2ccccc2)NC(=O)[C@@H]2C[C@@H](O)CN2C1=O. The number of carboxylic acid groups (broad SMARTS) is 1. The fourth-order valence-corrected chi connectivity index (χ4v) is 17.2. The highest BCUT2D eigenvalue weighted by Gasteiger charge is 2.45. The summed E-state index contributed by atoms with van der Waals surface area (Å²) in [5.41, 5.74) is 19.5. The van der Waals surface area contributed by atoms with Gasteiger partial charge in [0.15, 0.2) is 11.7 Å². The number of aliphatic hydroxyl groups is 2. The molecule has 47 heteroatoms. The van der Waals surface area contributed by atoms with Gasteiger partial charge in [-0.3, -0.25) is 96.7 Å². The number of nitrogens with two attached hydrogens (primary N) is 3. The van der Waals surface area contributed by atoms with Crippen molar-refractivity contribution in [2.45, 2.75) is 324 Å². The van der Waals surface area contributed by atoms with Crippen LogP contribution in [-0.2, 0) is 115 Å². The Kier molecular flexibility index (Phi) is 54.5. The van der Waals surface area contributed by atoms with Crippen molar-refractivity contribution in [2.75, 3.05) is 65.8 Å². The van der Waals surface area contributed by atoms with Gasteiger partial charge >= 0.3 is 5.97 Å². The number of aromatic nitrogens is 5. The van der Waals surface area contributed by atoms with Crippen molar-refractivity contribution in [3.8, 4) is 0 Å². The van der Waals surface area contributed by atoms with Crippen LogP contribution in [0.3, 0.4) is 0 Å². The second-order valence-corrected chi connectivity index (χ2v) is 37.2. The van der Waals surface area contributed by atoms with Crippen molar-refractivity contribution in [2.24, 2.45) is 28.1 Å². The van der Waals surface area contributed by atoms with E-state index in [0.717, 1.165) is 66.6 Å². The molecule has 14 amide bonds. The zero-order chi connectivity index (χ0) is 106. The highest BCUT2D eigenvalue weighted by Crippen LogP contribution is 2.26. The molecule has 13 atom stereocenters. The van der Waals surface area contributed by atoms with Gasteiger partial charge in [-0.1, -0.05) is 158 Å². The maximum atomic E-state index is 15.4. The molecule has 0 radical (unpaired) electrons. The molecule has 3 aliphatic rings. The summed E-state index contributed by atoms with van der Waals surface area (Å²) in [5, 5.41) is 87.2. The Morgan fingerprint density at radius 1 is 0.603 bits per heavy atom. The molecule has 4 aromatic rings. The lowest BCUT2D eigenvalue weighted by atomic mass is 9.93. The number of aromatic amines is 2. The molecule has 0 aliphatic carbocycles. The van der Waals surface area contributed by atoms with Crippen LogP contribution in [0.1, 0.15) is 249 Å². The molecule has 804 valence electrons. The van der Waals surface area contributed by atoms with Crippen LogP contribution in [-0.4, -0.2) is 302 Å². The highest BCUT2D eigenvalue weighted by atomic mass is 16.5. The van der Waals surface area contributed by atoms with Crippen LogP contribution >= 0.6 is 0 Å². The van der Waals surface area contributed by atoms with Crippen LogP contribution in [0, 0.1) is 11.3 Å². The van der Waals surface area contributed by atoms with Gasteiger partial charge in [0.1, 0.15) is 84.4 Å². The van der Waals surface area contributed by atoms with E-state index in [1.54, 1.807) is 55.6 Å². The molecule has 47 nitrogen and oxygen atoms in total. The highest BCUT2D eigenvalue weighted by molar-refractivity contribution is 6.01. The van der Waals surface area contributed by atoms with E-state index < -0.39 is 225 Å². The number of Topliss-reactive ketones (excluding diaryl/α,β-unsaturated/α-hetero) is 3. The van der Waals surface area contributed by atoms with Crippen molar-refractivity contribution >= 4 is 129 Å². The number of benzene rings is 2. The number of ether oxygens (including phenoxy) is 2. The monoisotopic (exact) mass is 2040 g/mol. The molecule has 5 heterocycles. The van der Waals surface area contributed by atoms with Crippen molar-refractivity contribution in [1.29, 1.82) is 5.41 Å². The van der Waals surface area contributed by atoms with Crippen LogP contribution in [0.15, 0.2) is 77.6 Å². The maximum Gasteiger partial charge on any atom is 0.303 e. The van der Waals surface area contributed by atoms with Gasteiger partial charge in [0.05, 0.1) is 45.1 Å². The first-order valence-corrected chi connectivity index (χ1v) is 50.9. The number of unbranched alkanes of at least 4 members (excludes halogenated alkanes) is 13. The Morgan fingerprint density at radius 3 is 1.90 bits per heavy atom. The van der Waals surface area contributed by atoms with Crippen LogP contribution in [0.2, 0.25) is 0 Å². The lowest BCUT2D eigenvalue weighted by molar-refractivity contribution is -0.143. The summed E-state index contributed by atoms with van der Waals surface area (Å²) < 4.78 is 10.9. The predicted octanol–water partition coefficient (Wildman–Crippen LogP) is 0.00677. The van der Waals surface area contributed by atoms with E-state index in [1.807, 2.05) is 18.2 Å². The summed E-state index contributed by atoms with van der Waals surface area (Å²) in [6.45, 7) is -0.517. The normalized spacial score (nSPS) is 18.9. The predicted molar refractivity (Wildman–Crippen MR) is 535 cm³/mol.